The van der Waals surface area contributed by atoms with Gasteiger partial charge in [0.15, 0.2) is 12.0 Å². The first-order valence-corrected chi connectivity index (χ1v) is 5.78. The van der Waals surface area contributed by atoms with Gasteiger partial charge in [0, 0.05) is 11.6 Å². The van der Waals surface area contributed by atoms with Gasteiger partial charge in [0.2, 0.25) is 0 Å². The Labute approximate surface area is 124 Å². The maximum absolute atomic E-state index is 12.2. The molecule has 2 aromatic rings. The third kappa shape index (κ3) is 4.94. The highest BCUT2D eigenvalue weighted by atomic mass is 19.4. The van der Waals surface area contributed by atoms with E-state index in [1.54, 1.807) is 0 Å². The van der Waals surface area contributed by atoms with Crippen molar-refractivity contribution in [3.63, 3.8) is 0 Å². The summed E-state index contributed by atoms with van der Waals surface area (Å²) in [5.41, 5.74) is -0.195. The molecule has 0 spiro atoms. The number of alkyl halides is 6. The van der Waals surface area contributed by atoms with E-state index in [1.807, 2.05) is 0 Å². The summed E-state index contributed by atoms with van der Waals surface area (Å²) >= 11 is 0. The van der Waals surface area contributed by atoms with Crippen LogP contribution in [-0.2, 0) is 0 Å². The molecule has 0 aliphatic rings. The average molecular weight is 340 g/mol. The van der Waals surface area contributed by atoms with Crippen LogP contribution < -0.4 is 9.47 Å². The lowest BCUT2D eigenvalue weighted by Crippen LogP contribution is -2.19. The first kappa shape index (κ1) is 16.7. The van der Waals surface area contributed by atoms with Crippen molar-refractivity contribution in [2.24, 2.45) is 0 Å². The minimum Gasteiger partial charge on any atom is -0.453 e. The summed E-state index contributed by atoms with van der Waals surface area (Å²) in [6, 6.07) is 4.42. The molecule has 0 saturated heterocycles. The first-order valence-electron chi connectivity index (χ1n) is 5.78. The molecular weight excluding hydrogens is 334 g/mol. The second kappa shape index (κ2) is 5.86. The predicted molar refractivity (Wildman–Crippen MR) is 62.9 cm³/mol. The fourth-order valence-corrected chi connectivity index (χ4v) is 1.67. The third-order valence-electron chi connectivity index (χ3n) is 2.37. The van der Waals surface area contributed by atoms with E-state index in [0.717, 1.165) is 12.1 Å². The highest BCUT2D eigenvalue weighted by Gasteiger charge is 2.34. The maximum atomic E-state index is 12.2. The van der Waals surface area contributed by atoms with E-state index < -0.39 is 24.2 Å². The Morgan fingerprint density at radius 1 is 0.870 bits per heavy atom. The van der Waals surface area contributed by atoms with Crippen LogP contribution in [0.4, 0.5) is 26.3 Å². The smallest absolute Gasteiger partial charge is 0.453 e. The molecule has 1 aromatic carbocycles. The topological polar surface area (TPSA) is 48.7 Å². The van der Waals surface area contributed by atoms with E-state index in [4.69, 9.17) is 4.42 Å². The third-order valence-corrected chi connectivity index (χ3v) is 2.37. The number of hydrogen-bond donors (Lipinski definition) is 0. The molecule has 23 heavy (non-hydrogen) atoms. The van der Waals surface area contributed by atoms with Crippen molar-refractivity contribution in [1.82, 2.24) is 0 Å². The molecule has 0 aliphatic carbocycles. The van der Waals surface area contributed by atoms with Crippen molar-refractivity contribution >= 4 is 6.29 Å². The zero-order valence-electron chi connectivity index (χ0n) is 10.9. The van der Waals surface area contributed by atoms with Gasteiger partial charge in [-0.05, 0) is 24.3 Å². The van der Waals surface area contributed by atoms with Crippen molar-refractivity contribution in [1.29, 1.82) is 0 Å². The lowest BCUT2D eigenvalue weighted by molar-refractivity contribution is -0.276. The molecule has 0 bridgehead atoms. The standard InChI is InChI=1S/C13H6F6O4/c14-12(15,16)22-9-3-7(11-2-1-8(6-20)21-11)4-10(5-9)23-13(17,18)19/h1-6H. The number of benzene rings is 1. The van der Waals surface area contributed by atoms with Gasteiger partial charge in [-0.25, -0.2) is 0 Å². The van der Waals surface area contributed by atoms with Crippen molar-refractivity contribution in [2.75, 3.05) is 0 Å². The fraction of sp³-hybridized carbons (Fsp3) is 0.154. The van der Waals surface area contributed by atoms with Crippen LogP contribution in [0.3, 0.4) is 0 Å². The average Bonchev–Trinajstić information content (AvgIpc) is 2.82. The van der Waals surface area contributed by atoms with Gasteiger partial charge in [-0.2, -0.15) is 0 Å². The van der Waals surface area contributed by atoms with Crippen LogP contribution in [0.25, 0.3) is 11.3 Å². The Balaban J connectivity index is 2.45. The molecule has 0 amide bonds. The lowest BCUT2D eigenvalue weighted by Gasteiger charge is -2.13. The van der Waals surface area contributed by atoms with E-state index in [2.05, 4.69) is 9.47 Å². The minimum atomic E-state index is -5.11. The summed E-state index contributed by atoms with van der Waals surface area (Å²) in [6.07, 6.45) is -9.89. The molecule has 4 nitrogen and oxygen atoms in total. The largest absolute Gasteiger partial charge is 0.573 e. The first-order chi connectivity index (χ1) is 10.6. The maximum Gasteiger partial charge on any atom is 0.573 e. The van der Waals surface area contributed by atoms with Crippen LogP contribution >= 0.6 is 0 Å². The number of ether oxygens (including phenoxy) is 2. The second-order valence-electron chi connectivity index (χ2n) is 4.11. The van der Waals surface area contributed by atoms with Gasteiger partial charge in [0.05, 0.1) is 0 Å². The summed E-state index contributed by atoms with van der Waals surface area (Å²) in [6.45, 7) is 0. The molecule has 0 atom stereocenters. The number of carbonyl (C=O) groups is 1. The van der Waals surface area contributed by atoms with Crippen LogP contribution in [0.15, 0.2) is 34.7 Å². The van der Waals surface area contributed by atoms with Crippen molar-refractivity contribution in [2.45, 2.75) is 12.7 Å². The van der Waals surface area contributed by atoms with E-state index in [9.17, 15) is 31.1 Å². The van der Waals surface area contributed by atoms with Crippen molar-refractivity contribution < 1.29 is 45.0 Å². The van der Waals surface area contributed by atoms with E-state index >= 15 is 0 Å². The van der Waals surface area contributed by atoms with E-state index in [0.29, 0.717) is 12.4 Å². The van der Waals surface area contributed by atoms with Gasteiger partial charge in [0.1, 0.15) is 17.3 Å². The molecule has 0 N–H and O–H groups in total. The Hall–Kier alpha value is -2.65. The van der Waals surface area contributed by atoms with Crippen LogP contribution in [-0.4, -0.2) is 19.0 Å². The van der Waals surface area contributed by atoms with Gasteiger partial charge in [-0.3, -0.25) is 4.79 Å². The highest BCUT2D eigenvalue weighted by molar-refractivity contribution is 5.73. The quantitative estimate of drug-likeness (QED) is 0.605. The number of rotatable bonds is 4. The molecule has 0 unspecified atom stereocenters. The molecule has 124 valence electrons. The molecule has 0 saturated carbocycles. The number of aldehydes is 1. The SMILES string of the molecule is O=Cc1ccc(-c2cc(OC(F)(F)F)cc(OC(F)(F)F)c2)o1. The molecular formula is C13H6F6O4. The fourth-order valence-electron chi connectivity index (χ4n) is 1.67. The Bertz CT molecular complexity index is 667. The second-order valence-corrected chi connectivity index (χ2v) is 4.11. The van der Waals surface area contributed by atoms with E-state index in [1.165, 1.54) is 12.1 Å². The lowest BCUT2D eigenvalue weighted by atomic mass is 10.1. The number of halogens is 6. The van der Waals surface area contributed by atoms with Crippen LogP contribution in [0.2, 0.25) is 0 Å². The Kier molecular flexibility index (Phi) is 4.26. The van der Waals surface area contributed by atoms with Crippen LogP contribution in [0, 0.1) is 0 Å². The Morgan fingerprint density at radius 3 is 1.78 bits per heavy atom. The molecule has 10 heteroatoms. The summed E-state index contributed by atoms with van der Waals surface area (Å²) < 4.78 is 85.6. The number of carbonyl (C=O) groups excluding carboxylic acids is 1. The molecule has 1 aromatic heterocycles. The number of furan rings is 1. The van der Waals surface area contributed by atoms with Gasteiger partial charge in [-0.1, -0.05) is 0 Å². The highest BCUT2D eigenvalue weighted by Crippen LogP contribution is 2.35. The molecule has 0 radical (unpaired) electrons. The summed E-state index contributed by atoms with van der Waals surface area (Å²) in [7, 11) is 0. The van der Waals surface area contributed by atoms with Gasteiger partial charge in [0.25, 0.3) is 0 Å². The van der Waals surface area contributed by atoms with E-state index in [-0.39, 0.29) is 17.1 Å². The molecule has 0 fully saturated rings. The van der Waals surface area contributed by atoms with Gasteiger partial charge < -0.3 is 13.9 Å². The van der Waals surface area contributed by atoms with Crippen molar-refractivity contribution in [3.05, 3.63) is 36.1 Å². The monoisotopic (exact) mass is 340 g/mol. The molecule has 0 aliphatic heterocycles. The predicted octanol–water partition coefficient (Wildman–Crippen LogP) is 4.56. The van der Waals surface area contributed by atoms with Crippen LogP contribution in [0.5, 0.6) is 11.5 Å². The van der Waals surface area contributed by atoms with Gasteiger partial charge in [-0.15, -0.1) is 26.3 Å². The summed E-state index contributed by atoms with van der Waals surface area (Å²) in [4.78, 5) is 10.5. The minimum absolute atomic E-state index is 0.133. The molecule has 2 rings (SSSR count). The van der Waals surface area contributed by atoms with Crippen molar-refractivity contribution in [3.8, 4) is 22.8 Å². The summed E-state index contributed by atoms with van der Waals surface area (Å²) in [5.74, 6) is -2.15. The molecule has 1 heterocycles. The zero-order valence-corrected chi connectivity index (χ0v) is 10.9. The zero-order chi connectivity index (χ0) is 17.3. The summed E-state index contributed by atoms with van der Waals surface area (Å²) in [5, 5.41) is 0. The van der Waals surface area contributed by atoms with Gasteiger partial charge >= 0.3 is 12.7 Å². The van der Waals surface area contributed by atoms with Crippen LogP contribution in [0.1, 0.15) is 10.6 Å². The number of hydrogen-bond acceptors (Lipinski definition) is 4. The Morgan fingerprint density at radius 2 is 1.39 bits per heavy atom. The normalized spacial score (nSPS) is 12.1.